The Bertz CT molecular complexity index is 402. The molecule has 5 heteroatoms. The lowest BCUT2D eigenvalue weighted by molar-refractivity contribution is -0.123. The van der Waals surface area contributed by atoms with Crippen molar-refractivity contribution in [3.05, 3.63) is 29.8 Å². The highest BCUT2D eigenvalue weighted by Gasteiger charge is 2.14. The average Bonchev–Trinajstić information content (AvgIpc) is 2.28. The molecule has 0 fully saturated rings. The van der Waals surface area contributed by atoms with E-state index in [0.29, 0.717) is 11.3 Å². The van der Waals surface area contributed by atoms with Crippen molar-refractivity contribution >= 4 is 17.5 Å². The molecule has 16 heavy (non-hydrogen) atoms. The van der Waals surface area contributed by atoms with E-state index in [1.165, 1.54) is 14.0 Å². The first-order chi connectivity index (χ1) is 7.56. The number of amides is 2. The first-order valence-electron chi connectivity index (χ1n) is 4.86. The Kier molecular flexibility index (Phi) is 4.02. The summed E-state index contributed by atoms with van der Waals surface area (Å²) in [5.41, 5.74) is 0.742. The molecule has 1 rings (SSSR count). The van der Waals surface area contributed by atoms with Gasteiger partial charge in [-0.25, -0.2) is 0 Å². The summed E-state index contributed by atoms with van der Waals surface area (Å²) in [5, 5.41) is 14.0. The van der Waals surface area contributed by atoms with E-state index in [9.17, 15) is 9.59 Å². The van der Waals surface area contributed by atoms with E-state index in [4.69, 9.17) is 5.11 Å². The monoisotopic (exact) mass is 222 g/mol. The fourth-order valence-electron chi connectivity index (χ4n) is 1.16. The lowest BCUT2D eigenvalue weighted by Gasteiger charge is -2.10. The maximum absolute atomic E-state index is 11.5. The summed E-state index contributed by atoms with van der Waals surface area (Å²) >= 11 is 0. The molecule has 1 aromatic carbocycles. The van der Waals surface area contributed by atoms with Gasteiger partial charge in [0.25, 0.3) is 11.8 Å². The molecule has 1 atom stereocenters. The smallest absolute Gasteiger partial charge is 0.253 e. The Labute approximate surface area is 93.5 Å². The minimum atomic E-state index is -1.11. The molecule has 0 bridgehead atoms. The highest BCUT2D eigenvalue weighted by Crippen LogP contribution is 2.14. The van der Waals surface area contributed by atoms with E-state index < -0.39 is 12.0 Å². The van der Waals surface area contributed by atoms with Crippen molar-refractivity contribution in [2.75, 3.05) is 12.4 Å². The second-order valence-corrected chi connectivity index (χ2v) is 3.29. The fourth-order valence-corrected chi connectivity index (χ4v) is 1.16. The van der Waals surface area contributed by atoms with Gasteiger partial charge in [-0.3, -0.25) is 9.59 Å². The van der Waals surface area contributed by atoms with Crippen LogP contribution in [0.1, 0.15) is 17.3 Å². The number of aliphatic hydroxyl groups is 1. The summed E-state index contributed by atoms with van der Waals surface area (Å²) in [4.78, 5) is 22.7. The van der Waals surface area contributed by atoms with Crippen LogP contribution in [0.25, 0.3) is 0 Å². The zero-order valence-electron chi connectivity index (χ0n) is 9.15. The number of hydrogen-bond acceptors (Lipinski definition) is 3. The molecule has 0 radical (unpaired) electrons. The van der Waals surface area contributed by atoms with Crippen LogP contribution >= 0.6 is 0 Å². The van der Waals surface area contributed by atoms with E-state index in [0.717, 1.165) is 0 Å². The van der Waals surface area contributed by atoms with Crippen LogP contribution in [0, 0.1) is 0 Å². The molecule has 3 N–H and O–H groups in total. The van der Waals surface area contributed by atoms with E-state index in [1.54, 1.807) is 24.3 Å². The van der Waals surface area contributed by atoms with Crippen molar-refractivity contribution in [2.45, 2.75) is 13.0 Å². The van der Waals surface area contributed by atoms with Gasteiger partial charge in [-0.15, -0.1) is 0 Å². The van der Waals surface area contributed by atoms with Crippen molar-refractivity contribution in [3.8, 4) is 0 Å². The molecule has 5 nitrogen and oxygen atoms in total. The van der Waals surface area contributed by atoms with Gasteiger partial charge in [-0.05, 0) is 19.1 Å². The number of carbonyl (C=O) groups is 2. The van der Waals surface area contributed by atoms with Gasteiger partial charge in [-0.2, -0.15) is 0 Å². The lowest BCUT2D eigenvalue weighted by Crippen LogP contribution is -2.27. The molecule has 2 amide bonds. The van der Waals surface area contributed by atoms with Crippen LogP contribution < -0.4 is 10.6 Å². The summed E-state index contributed by atoms with van der Waals surface area (Å²) in [7, 11) is 1.51. The molecule has 0 heterocycles. The predicted molar refractivity (Wildman–Crippen MR) is 60.1 cm³/mol. The fraction of sp³-hybridized carbons (Fsp3) is 0.273. The maximum Gasteiger partial charge on any atom is 0.253 e. The first kappa shape index (κ1) is 12.2. The summed E-state index contributed by atoms with van der Waals surface area (Å²) in [5.74, 6) is -0.835. The van der Waals surface area contributed by atoms with Gasteiger partial charge in [0, 0.05) is 7.05 Å². The largest absolute Gasteiger partial charge is 0.384 e. The topological polar surface area (TPSA) is 78.4 Å². The number of carbonyl (C=O) groups excluding carboxylic acids is 2. The highest BCUT2D eigenvalue weighted by atomic mass is 16.3. The molecule has 1 aromatic rings. The molecule has 1 unspecified atom stereocenters. The summed E-state index contributed by atoms with van der Waals surface area (Å²) in [6, 6.07) is 6.59. The molecule has 0 spiro atoms. The zero-order chi connectivity index (χ0) is 12.1. The average molecular weight is 222 g/mol. The molecule has 0 aliphatic heterocycles. The maximum atomic E-state index is 11.5. The molecule has 0 saturated carbocycles. The first-order valence-corrected chi connectivity index (χ1v) is 4.86. The Balaban J connectivity index is 2.95. The normalized spacial score (nSPS) is 11.7. The van der Waals surface area contributed by atoms with Crippen molar-refractivity contribution in [2.24, 2.45) is 0 Å². The van der Waals surface area contributed by atoms with Crippen LogP contribution in [-0.4, -0.2) is 30.1 Å². The summed E-state index contributed by atoms with van der Waals surface area (Å²) in [6.45, 7) is 1.36. The zero-order valence-corrected chi connectivity index (χ0v) is 9.15. The molecule has 0 aliphatic carbocycles. The number of anilines is 1. The number of rotatable bonds is 3. The minimum Gasteiger partial charge on any atom is -0.384 e. The van der Waals surface area contributed by atoms with Crippen molar-refractivity contribution in [3.63, 3.8) is 0 Å². The molecule has 0 aliphatic rings. The molecular formula is C11H14N2O3. The Morgan fingerprint density at radius 2 is 1.94 bits per heavy atom. The Morgan fingerprint density at radius 1 is 1.31 bits per heavy atom. The van der Waals surface area contributed by atoms with Crippen LogP contribution in [0.15, 0.2) is 24.3 Å². The Morgan fingerprint density at radius 3 is 2.50 bits per heavy atom. The second-order valence-electron chi connectivity index (χ2n) is 3.29. The van der Waals surface area contributed by atoms with Gasteiger partial charge in [0.15, 0.2) is 0 Å². The third-order valence-corrected chi connectivity index (χ3v) is 2.04. The standard InChI is InChI=1S/C11H14N2O3/c1-7(14)10(15)13-9-6-4-3-5-8(9)11(16)12-2/h3-7,14H,1-2H3,(H,12,16)(H,13,15). The Hall–Kier alpha value is -1.88. The third-order valence-electron chi connectivity index (χ3n) is 2.04. The number of nitrogens with one attached hydrogen (secondary N) is 2. The van der Waals surface area contributed by atoms with E-state index in [-0.39, 0.29) is 5.91 Å². The van der Waals surface area contributed by atoms with E-state index in [2.05, 4.69) is 10.6 Å². The second kappa shape index (κ2) is 5.27. The number of para-hydroxylation sites is 1. The van der Waals surface area contributed by atoms with E-state index >= 15 is 0 Å². The highest BCUT2D eigenvalue weighted by molar-refractivity contribution is 6.04. The molecule has 86 valence electrons. The van der Waals surface area contributed by atoms with Crippen LogP contribution in [0.3, 0.4) is 0 Å². The third kappa shape index (κ3) is 2.80. The minimum absolute atomic E-state index is 0.290. The van der Waals surface area contributed by atoms with Gasteiger partial charge in [0.1, 0.15) is 6.10 Å². The number of benzene rings is 1. The van der Waals surface area contributed by atoms with Gasteiger partial charge in [0.05, 0.1) is 11.3 Å². The van der Waals surface area contributed by atoms with E-state index in [1.807, 2.05) is 0 Å². The molecule has 0 saturated heterocycles. The number of hydrogen-bond donors (Lipinski definition) is 3. The summed E-state index contributed by atoms with van der Waals surface area (Å²) < 4.78 is 0. The van der Waals surface area contributed by atoms with Gasteiger partial charge < -0.3 is 15.7 Å². The van der Waals surface area contributed by atoms with Crippen LogP contribution in [-0.2, 0) is 4.79 Å². The van der Waals surface area contributed by atoms with Crippen LogP contribution in [0.2, 0.25) is 0 Å². The van der Waals surface area contributed by atoms with Crippen molar-refractivity contribution < 1.29 is 14.7 Å². The SMILES string of the molecule is CNC(=O)c1ccccc1NC(=O)C(C)O. The predicted octanol–water partition coefficient (Wildman–Crippen LogP) is 0.365. The van der Waals surface area contributed by atoms with Gasteiger partial charge >= 0.3 is 0 Å². The molecular weight excluding hydrogens is 208 g/mol. The lowest BCUT2D eigenvalue weighted by atomic mass is 10.1. The van der Waals surface area contributed by atoms with Crippen molar-refractivity contribution in [1.29, 1.82) is 0 Å². The van der Waals surface area contributed by atoms with Crippen LogP contribution in [0.5, 0.6) is 0 Å². The van der Waals surface area contributed by atoms with Gasteiger partial charge in [0.2, 0.25) is 0 Å². The molecule has 0 aromatic heterocycles. The van der Waals surface area contributed by atoms with Crippen molar-refractivity contribution in [1.82, 2.24) is 5.32 Å². The van der Waals surface area contributed by atoms with Gasteiger partial charge in [-0.1, -0.05) is 12.1 Å². The number of aliphatic hydroxyl groups excluding tert-OH is 1. The van der Waals surface area contributed by atoms with Crippen LogP contribution in [0.4, 0.5) is 5.69 Å². The summed E-state index contributed by atoms with van der Waals surface area (Å²) in [6.07, 6.45) is -1.11. The quantitative estimate of drug-likeness (QED) is 0.691.